The third kappa shape index (κ3) is 4.09. The van der Waals surface area contributed by atoms with Crippen molar-refractivity contribution in [2.75, 3.05) is 31.6 Å². The third-order valence-corrected chi connectivity index (χ3v) is 7.11. The summed E-state index contributed by atoms with van der Waals surface area (Å²) >= 11 is 4.51. The molecule has 0 radical (unpaired) electrons. The van der Waals surface area contributed by atoms with Crippen molar-refractivity contribution in [1.29, 1.82) is 0 Å². The van der Waals surface area contributed by atoms with Crippen molar-refractivity contribution in [2.45, 2.75) is 4.90 Å². The Morgan fingerprint density at radius 3 is 2.60 bits per heavy atom. The maximum atomic E-state index is 14.1. The second-order valence-electron chi connectivity index (χ2n) is 5.22. The van der Waals surface area contributed by atoms with Crippen molar-refractivity contribution in [3.63, 3.8) is 0 Å². The SMILES string of the molecule is O=C(Nc1ccc(F)c(S(=O)(=O)N2CCOCC2)c1)c1ccc(Br)s1. The number of rotatable bonds is 4. The van der Waals surface area contributed by atoms with Crippen molar-refractivity contribution in [2.24, 2.45) is 0 Å². The van der Waals surface area contributed by atoms with Crippen molar-refractivity contribution in [1.82, 2.24) is 4.31 Å². The lowest BCUT2D eigenvalue weighted by Crippen LogP contribution is -2.40. The van der Waals surface area contributed by atoms with Crippen molar-refractivity contribution < 1.29 is 22.3 Å². The van der Waals surface area contributed by atoms with Crippen LogP contribution in [0.15, 0.2) is 39.0 Å². The van der Waals surface area contributed by atoms with E-state index in [1.165, 1.54) is 21.7 Å². The second-order valence-corrected chi connectivity index (χ2v) is 9.59. The van der Waals surface area contributed by atoms with Crippen LogP contribution in [0.2, 0.25) is 0 Å². The van der Waals surface area contributed by atoms with Gasteiger partial charge < -0.3 is 10.1 Å². The van der Waals surface area contributed by atoms with Crippen LogP contribution in [0.25, 0.3) is 0 Å². The van der Waals surface area contributed by atoms with Gasteiger partial charge in [0.2, 0.25) is 10.0 Å². The number of nitrogens with one attached hydrogen (secondary N) is 1. The Balaban J connectivity index is 1.86. The minimum atomic E-state index is -3.99. The minimum Gasteiger partial charge on any atom is -0.379 e. The van der Waals surface area contributed by atoms with Crippen LogP contribution in [0.1, 0.15) is 9.67 Å². The predicted molar refractivity (Wildman–Crippen MR) is 96.0 cm³/mol. The summed E-state index contributed by atoms with van der Waals surface area (Å²) in [5.41, 5.74) is 0.211. The normalized spacial score (nSPS) is 15.9. The molecule has 3 rings (SSSR count). The quantitative estimate of drug-likeness (QED) is 0.779. The molecule has 0 bridgehead atoms. The standard InChI is InChI=1S/C15H14BrFN2O4S2/c16-14-4-3-12(24-14)15(20)18-10-1-2-11(17)13(9-10)25(21,22)19-5-7-23-8-6-19/h1-4,9H,5-8H2,(H,18,20). The lowest BCUT2D eigenvalue weighted by molar-refractivity contribution is 0.0729. The zero-order valence-electron chi connectivity index (χ0n) is 12.9. The molecule has 1 fully saturated rings. The molecule has 0 atom stereocenters. The van der Waals surface area contributed by atoms with Crippen LogP contribution in [0, 0.1) is 5.82 Å². The molecular formula is C15H14BrFN2O4S2. The van der Waals surface area contributed by atoms with Gasteiger partial charge in [-0.05, 0) is 46.3 Å². The molecule has 6 nitrogen and oxygen atoms in total. The summed E-state index contributed by atoms with van der Waals surface area (Å²) in [6, 6.07) is 6.87. The van der Waals surface area contributed by atoms with Crippen LogP contribution < -0.4 is 5.32 Å². The summed E-state index contributed by atoms with van der Waals surface area (Å²) in [5, 5.41) is 2.59. The highest BCUT2D eigenvalue weighted by Gasteiger charge is 2.29. The van der Waals surface area contributed by atoms with Crippen LogP contribution >= 0.6 is 27.3 Å². The molecule has 1 amide bonds. The minimum absolute atomic E-state index is 0.168. The Bertz CT molecular complexity index is 895. The Kier molecular flexibility index (Phi) is 5.54. The number of amides is 1. The first-order valence-corrected chi connectivity index (χ1v) is 10.4. The summed E-state index contributed by atoms with van der Waals surface area (Å²) in [7, 11) is -3.99. The zero-order valence-corrected chi connectivity index (χ0v) is 16.1. The van der Waals surface area contributed by atoms with Gasteiger partial charge in [0.1, 0.15) is 10.7 Å². The van der Waals surface area contributed by atoms with Crippen molar-refractivity contribution >= 4 is 48.9 Å². The van der Waals surface area contributed by atoms with Gasteiger partial charge in [-0.2, -0.15) is 4.31 Å². The van der Waals surface area contributed by atoms with Crippen LogP contribution in [-0.2, 0) is 14.8 Å². The maximum Gasteiger partial charge on any atom is 0.265 e. The number of ether oxygens (including phenoxy) is 1. The summed E-state index contributed by atoms with van der Waals surface area (Å²) in [5.74, 6) is -1.25. The Labute approximate surface area is 156 Å². The number of anilines is 1. The first-order valence-electron chi connectivity index (χ1n) is 7.32. The van der Waals surface area contributed by atoms with E-state index >= 15 is 0 Å². The molecule has 0 spiro atoms. The molecular weight excluding hydrogens is 435 g/mol. The van der Waals surface area contributed by atoms with E-state index in [0.29, 0.717) is 4.88 Å². The average Bonchev–Trinajstić information content (AvgIpc) is 3.04. The average molecular weight is 449 g/mol. The topological polar surface area (TPSA) is 75.7 Å². The van der Waals surface area contributed by atoms with Gasteiger partial charge in [-0.25, -0.2) is 12.8 Å². The molecule has 2 aromatic rings. The molecule has 1 aliphatic rings. The van der Waals surface area contributed by atoms with E-state index in [4.69, 9.17) is 4.74 Å². The number of carbonyl (C=O) groups excluding carboxylic acids is 1. The Morgan fingerprint density at radius 2 is 1.96 bits per heavy atom. The lowest BCUT2D eigenvalue weighted by atomic mass is 10.3. The first-order chi connectivity index (χ1) is 11.9. The molecule has 1 N–H and O–H groups in total. The predicted octanol–water partition coefficient (Wildman–Crippen LogP) is 2.92. The summed E-state index contributed by atoms with van der Waals surface area (Å²) in [6.07, 6.45) is 0. The van der Waals surface area contributed by atoms with E-state index in [1.54, 1.807) is 12.1 Å². The van der Waals surface area contributed by atoms with Gasteiger partial charge in [-0.1, -0.05) is 0 Å². The van der Waals surface area contributed by atoms with Gasteiger partial charge in [0.15, 0.2) is 0 Å². The van der Waals surface area contributed by atoms with Gasteiger partial charge in [0.05, 0.1) is 21.9 Å². The fourth-order valence-corrected chi connectivity index (χ4v) is 5.11. The summed E-state index contributed by atoms with van der Waals surface area (Å²) < 4.78 is 46.5. The fourth-order valence-electron chi connectivity index (χ4n) is 2.33. The van der Waals surface area contributed by atoms with Gasteiger partial charge in [-0.3, -0.25) is 4.79 Å². The molecule has 0 aliphatic carbocycles. The number of halogens is 2. The van der Waals surface area contributed by atoms with Crippen LogP contribution in [0.3, 0.4) is 0 Å². The summed E-state index contributed by atoms with van der Waals surface area (Å²) in [6.45, 7) is 0.873. The highest BCUT2D eigenvalue weighted by molar-refractivity contribution is 9.11. The number of benzene rings is 1. The van der Waals surface area contributed by atoms with E-state index < -0.39 is 26.6 Å². The molecule has 0 unspecified atom stereocenters. The van der Waals surface area contributed by atoms with E-state index in [1.807, 2.05) is 0 Å². The molecule has 1 aliphatic heterocycles. The molecule has 10 heteroatoms. The molecule has 1 aromatic carbocycles. The molecule has 1 saturated heterocycles. The van der Waals surface area contributed by atoms with E-state index in [9.17, 15) is 17.6 Å². The molecule has 1 aromatic heterocycles. The number of hydrogen-bond acceptors (Lipinski definition) is 5. The third-order valence-electron chi connectivity index (χ3n) is 3.57. The Hall–Kier alpha value is -1.33. The van der Waals surface area contributed by atoms with Gasteiger partial charge >= 0.3 is 0 Å². The van der Waals surface area contributed by atoms with Crippen LogP contribution in [0.4, 0.5) is 10.1 Å². The van der Waals surface area contributed by atoms with Crippen molar-refractivity contribution in [3.05, 3.63) is 44.8 Å². The Morgan fingerprint density at radius 1 is 1.24 bits per heavy atom. The lowest BCUT2D eigenvalue weighted by Gasteiger charge is -2.26. The van der Waals surface area contributed by atoms with Gasteiger partial charge in [0.25, 0.3) is 5.91 Å². The number of hydrogen-bond donors (Lipinski definition) is 1. The van der Waals surface area contributed by atoms with Gasteiger partial charge in [-0.15, -0.1) is 11.3 Å². The molecule has 25 heavy (non-hydrogen) atoms. The highest BCUT2D eigenvalue weighted by Crippen LogP contribution is 2.26. The first kappa shape index (κ1) is 18.5. The van der Waals surface area contributed by atoms with E-state index in [2.05, 4.69) is 21.2 Å². The van der Waals surface area contributed by atoms with E-state index in [-0.39, 0.29) is 32.0 Å². The molecule has 2 heterocycles. The van der Waals surface area contributed by atoms with Gasteiger partial charge in [0, 0.05) is 18.8 Å². The number of carbonyl (C=O) groups is 1. The van der Waals surface area contributed by atoms with Crippen molar-refractivity contribution in [3.8, 4) is 0 Å². The molecule has 0 saturated carbocycles. The monoisotopic (exact) mass is 448 g/mol. The highest BCUT2D eigenvalue weighted by atomic mass is 79.9. The number of nitrogens with zero attached hydrogens (tertiary/aromatic N) is 1. The number of sulfonamides is 1. The summed E-state index contributed by atoms with van der Waals surface area (Å²) in [4.78, 5) is 12.2. The van der Waals surface area contributed by atoms with E-state index in [0.717, 1.165) is 15.9 Å². The molecule has 134 valence electrons. The largest absolute Gasteiger partial charge is 0.379 e. The van der Waals surface area contributed by atoms with Crippen LogP contribution in [0.5, 0.6) is 0 Å². The maximum absolute atomic E-state index is 14.1. The number of thiophene rings is 1. The second kappa shape index (κ2) is 7.50. The number of morpholine rings is 1. The fraction of sp³-hybridized carbons (Fsp3) is 0.267. The smallest absolute Gasteiger partial charge is 0.265 e. The van der Waals surface area contributed by atoms with Crippen LogP contribution in [-0.4, -0.2) is 44.9 Å². The zero-order chi connectivity index (χ0) is 18.0.